The van der Waals surface area contributed by atoms with Crippen molar-refractivity contribution in [1.29, 1.82) is 0 Å². The summed E-state index contributed by atoms with van der Waals surface area (Å²) in [4.78, 5) is 0.208. The van der Waals surface area contributed by atoms with Crippen LogP contribution in [0.25, 0.3) is 0 Å². The number of aliphatic hydroxyl groups is 1. The van der Waals surface area contributed by atoms with Gasteiger partial charge in [0, 0.05) is 13.1 Å². The minimum atomic E-state index is -3.59. The van der Waals surface area contributed by atoms with Crippen LogP contribution in [-0.4, -0.2) is 44.1 Å². The zero-order chi connectivity index (χ0) is 15.9. The number of hydrogen-bond donors (Lipinski definition) is 1. The summed E-state index contributed by atoms with van der Waals surface area (Å²) in [5, 5.41) is 9.25. The van der Waals surface area contributed by atoms with E-state index in [0.717, 1.165) is 12.8 Å². The lowest BCUT2D eigenvalue weighted by Crippen LogP contribution is -2.38. The molecule has 1 atom stereocenters. The van der Waals surface area contributed by atoms with Gasteiger partial charge in [0.1, 0.15) is 5.75 Å². The number of unbranched alkanes of at least 4 members (excludes halogenated alkanes) is 1. The van der Waals surface area contributed by atoms with Crippen molar-refractivity contribution in [2.24, 2.45) is 0 Å². The Balaban J connectivity index is 2.84. The first-order chi connectivity index (χ1) is 9.97. The first-order valence-electron chi connectivity index (χ1n) is 7.29. The van der Waals surface area contributed by atoms with Crippen molar-refractivity contribution in [3.05, 3.63) is 24.3 Å². The molecule has 0 unspecified atom stereocenters. The number of ether oxygens (including phenoxy) is 1. The first kappa shape index (κ1) is 17.9. The molecule has 0 aliphatic carbocycles. The van der Waals surface area contributed by atoms with E-state index in [2.05, 4.69) is 6.92 Å². The van der Waals surface area contributed by atoms with Crippen LogP contribution < -0.4 is 4.74 Å². The standard InChI is InChI=1S/C15H25NO4S/c1-4-6-11-20-14-7-9-15(10-8-14)21(18,19)16(3)13(5-2)12-17/h7-10,13,17H,4-6,11-12H2,1-3H3/t13-/m1/s1. The molecule has 6 heteroatoms. The number of nitrogens with zero attached hydrogens (tertiary/aromatic N) is 1. The SMILES string of the molecule is CCCCOc1ccc(S(=O)(=O)N(C)[C@H](CC)CO)cc1. The third kappa shape index (κ3) is 4.69. The Labute approximate surface area is 127 Å². The Hall–Kier alpha value is -1.11. The zero-order valence-corrected chi connectivity index (χ0v) is 13.8. The Morgan fingerprint density at radius 3 is 2.33 bits per heavy atom. The summed E-state index contributed by atoms with van der Waals surface area (Å²) in [7, 11) is -2.10. The molecule has 1 aromatic rings. The van der Waals surface area contributed by atoms with E-state index >= 15 is 0 Å². The molecule has 0 spiro atoms. The summed E-state index contributed by atoms with van der Waals surface area (Å²) in [6.45, 7) is 4.37. The minimum absolute atomic E-state index is 0.190. The first-order valence-corrected chi connectivity index (χ1v) is 8.73. The molecule has 0 aliphatic heterocycles. The monoisotopic (exact) mass is 315 g/mol. The van der Waals surface area contributed by atoms with Gasteiger partial charge in [-0.05, 0) is 37.1 Å². The van der Waals surface area contributed by atoms with Gasteiger partial charge in [-0.2, -0.15) is 4.31 Å². The number of benzene rings is 1. The molecule has 0 bridgehead atoms. The molecule has 1 N–H and O–H groups in total. The van der Waals surface area contributed by atoms with Crippen LogP contribution in [0.3, 0.4) is 0 Å². The Morgan fingerprint density at radius 2 is 1.86 bits per heavy atom. The summed E-state index contributed by atoms with van der Waals surface area (Å²) < 4.78 is 31.6. The van der Waals surface area contributed by atoms with Crippen LogP contribution in [0.5, 0.6) is 5.75 Å². The fraction of sp³-hybridized carbons (Fsp3) is 0.600. The molecule has 0 heterocycles. The summed E-state index contributed by atoms with van der Waals surface area (Å²) in [5.74, 6) is 0.666. The Kier molecular flexibility index (Phi) is 7.14. The second-order valence-electron chi connectivity index (χ2n) is 4.94. The van der Waals surface area contributed by atoms with E-state index in [1.807, 2.05) is 6.92 Å². The summed E-state index contributed by atoms with van der Waals surface area (Å²) in [6, 6.07) is 6.00. The smallest absolute Gasteiger partial charge is 0.243 e. The number of rotatable bonds is 9. The van der Waals surface area contributed by atoms with Crippen molar-refractivity contribution in [1.82, 2.24) is 4.31 Å². The van der Waals surface area contributed by atoms with Crippen molar-refractivity contribution in [3.8, 4) is 5.75 Å². The van der Waals surface area contributed by atoms with Crippen LogP contribution in [0.15, 0.2) is 29.2 Å². The van der Waals surface area contributed by atoms with E-state index < -0.39 is 16.1 Å². The van der Waals surface area contributed by atoms with Gasteiger partial charge in [0.15, 0.2) is 0 Å². The molecule has 0 aromatic heterocycles. The quantitative estimate of drug-likeness (QED) is 0.710. The lowest BCUT2D eigenvalue weighted by Gasteiger charge is -2.24. The fourth-order valence-corrected chi connectivity index (χ4v) is 3.33. The average Bonchev–Trinajstić information content (AvgIpc) is 2.49. The van der Waals surface area contributed by atoms with Gasteiger partial charge in [-0.3, -0.25) is 0 Å². The molecule has 0 aliphatic rings. The van der Waals surface area contributed by atoms with Gasteiger partial charge in [0.05, 0.1) is 18.1 Å². The maximum atomic E-state index is 12.4. The number of likely N-dealkylation sites (N-methyl/N-ethyl adjacent to an activating group) is 1. The van der Waals surface area contributed by atoms with Crippen LogP contribution in [-0.2, 0) is 10.0 Å². The van der Waals surface area contributed by atoms with E-state index in [1.54, 1.807) is 12.1 Å². The molecule has 0 radical (unpaired) electrons. The van der Waals surface area contributed by atoms with E-state index in [4.69, 9.17) is 4.74 Å². The molecule has 1 aromatic carbocycles. The van der Waals surface area contributed by atoms with Crippen molar-refractivity contribution < 1.29 is 18.3 Å². The molecule has 0 saturated carbocycles. The lowest BCUT2D eigenvalue weighted by molar-refractivity contribution is 0.198. The second kappa shape index (κ2) is 8.36. The van der Waals surface area contributed by atoms with E-state index in [1.165, 1.54) is 23.5 Å². The highest BCUT2D eigenvalue weighted by atomic mass is 32.2. The normalized spacial score (nSPS) is 13.4. The third-order valence-electron chi connectivity index (χ3n) is 3.46. The van der Waals surface area contributed by atoms with Crippen LogP contribution in [0, 0.1) is 0 Å². The Bertz CT molecular complexity index is 509. The topological polar surface area (TPSA) is 66.8 Å². The maximum Gasteiger partial charge on any atom is 0.243 e. The van der Waals surface area contributed by atoms with Gasteiger partial charge in [-0.25, -0.2) is 8.42 Å². The largest absolute Gasteiger partial charge is 0.494 e. The van der Waals surface area contributed by atoms with Crippen LogP contribution in [0.1, 0.15) is 33.1 Å². The van der Waals surface area contributed by atoms with Crippen molar-refractivity contribution in [2.45, 2.75) is 44.0 Å². The predicted octanol–water partition coefficient (Wildman–Crippen LogP) is 2.26. The van der Waals surface area contributed by atoms with E-state index in [-0.39, 0.29) is 11.5 Å². The summed E-state index contributed by atoms with van der Waals surface area (Å²) >= 11 is 0. The minimum Gasteiger partial charge on any atom is -0.494 e. The molecular weight excluding hydrogens is 290 g/mol. The maximum absolute atomic E-state index is 12.4. The highest BCUT2D eigenvalue weighted by molar-refractivity contribution is 7.89. The lowest BCUT2D eigenvalue weighted by atomic mass is 10.2. The Morgan fingerprint density at radius 1 is 1.24 bits per heavy atom. The van der Waals surface area contributed by atoms with Crippen LogP contribution in [0.4, 0.5) is 0 Å². The van der Waals surface area contributed by atoms with Gasteiger partial charge in [0.25, 0.3) is 0 Å². The van der Waals surface area contributed by atoms with Gasteiger partial charge in [-0.15, -0.1) is 0 Å². The highest BCUT2D eigenvalue weighted by Gasteiger charge is 2.26. The highest BCUT2D eigenvalue weighted by Crippen LogP contribution is 2.21. The molecule has 21 heavy (non-hydrogen) atoms. The fourth-order valence-electron chi connectivity index (χ4n) is 1.91. The summed E-state index contributed by atoms with van der Waals surface area (Å²) in [5.41, 5.74) is 0. The van der Waals surface area contributed by atoms with Crippen molar-refractivity contribution in [3.63, 3.8) is 0 Å². The zero-order valence-electron chi connectivity index (χ0n) is 12.9. The van der Waals surface area contributed by atoms with Crippen LogP contribution in [0.2, 0.25) is 0 Å². The molecular formula is C15H25NO4S. The van der Waals surface area contributed by atoms with E-state index in [9.17, 15) is 13.5 Å². The molecule has 120 valence electrons. The predicted molar refractivity (Wildman–Crippen MR) is 83.0 cm³/mol. The third-order valence-corrected chi connectivity index (χ3v) is 5.39. The molecule has 1 rings (SSSR count). The van der Waals surface area contributed by atoms with Gasteiger partial charge < -0.3 is 9.84 Å². The number of sulfonamides is 1. The molecule has 0 saturated heterocycles. The molecule has 0 fully saturated rings. The van der Waals surface area contributed by atoms with Crippen LogP contribution >= 0.6 is 0 Å². The molecule has 0 amide bonds. The van der Waals surface area contributed by atoms with Crippen molar-refractivity contribution >= 4 is 10.0 Å². The summed E-state index contributed by atoms with van der Waals surface area (Å²) in [6.07, 6.45) is 2.58. The van der Waals surface area contributed by atoms with Gasteiger partial charge in [-0.1, -0.05) is 20.3 Å². The number of hydrogen-bond acceptors (Lipinski definition) is 4. The number of aliphatic hydroxyl groups excluding tert-OH is 1. The van der Waals surface area contributed by atoms with Crippen molar-refractivity contribution in [2.75, 3.05) is 20.3 Å². The molecule has 5 nitrogen and oxygen atoms in total. The van der Waals surface area contributed by atoms with Gasteiger partial charge >= 0.3 is 0 Å². The average molecular weight is 315 g/mol. The van der Waals surface area contributed by atoms with E-state index in [0.29, 0.717) is 18.8 Å². The second-order valence-corrected chi connectivity index (χ2v) is 6.94. The van der Waals surface area contributed by atoms with Gasteiger partial charge in [0.2, 0.25) is 10.0 Å².